The highest BCUT2D eigenvalue weighted by molar-refractivity contribution is 5.85. The van der Waals surface area contributed by atoms with Gasteiger partial charge in [0.15, 0.2) is 11.5 Å². The van der Waals surface area contributed by atoms with E-state index in [1.54, 1.807) is 14.2 Å². The van der Waals surface area contributed by atoms with Gasteiger partial charge in [-0.2, -0.15) is 0 Å². The van der Waals surface area contributed by atoms with Crippen LogP contribution in [-0.2, 0) is 11.2 Å². The molecule has 146 valence electrons. The Kier molecular flexibility index (Phi) is 7.55. The number of aliphatic hydroxyl groups is 1. The standard InChI is InChI=1S/C19H28N2O4.ClH/c1-24-17-5-3-12(7-18(17)25-2)4-6-19(23)21-15-8-13-10-20-11-14(13)9-16(15)22;/h3,5,7,13-16,20,22H,4,6,8-11H2,1-2H3,(H,21,23);1H/t13-,14+,15-,16-;/m0./s1. The smallest absolute Gasteiger partial charge is 0.220 e. The van der Waals surface area contributed by atoms with Crippen LogP contribution in [0.5, 0.6) is 11.5 Å². The fourth-order valence-corrected chi connectivity index (χ4v) is 4.02. The van der Waals surface area contributed by atoms with Gasteiger partial charge in [-0.15, -0.1) is 12.4 Å². The molecule has 0 unspecified atom stereocenters. The Morgan fingerprint density at radius 2 is 1.88 bits per heavy atom. The van der Waals surface area contributed by atoms with Crippen LogP contribution < -0.4 is 20.1 Å². The number of aliphatic hydroxyl groups excluding tert-OH is 1. The van der Waals surface area contributed by atoms with Crippen LogP contribution in [0.4, 0.5) is 0 Å². The van der Waals surface area contributed by atoms with Gasteiger partial charge in [-0.3, -0.25) is 4.79 Å². The summed E-state index contributed by atoms with van der Waals surface area (Å²) in [5.41, 5.74) is 1.03. The number of hydrogen-bond donors (Lipinski definition) is 3. The quantitative estimate of drug-likeness (QED) is 0.693. The lowest BCUT2D eigenvalue weighted by molar-refractivity contribution is -0.123. The molecule has 1 saturated carbocycles. The van der Waals surface area contributed by atoms with Gasteiger partial charge >= 0.3 is 0 Å². The van der Waals surface area contributed by atoms with Crippen LogP contribution in [0, 0.1) is 11.8 Å². The molecule has 1 aromatic rings. The van der Waals surface area contributed by atoms with Crippen LogP contribution in [0.15, 0.2) is 18.2 Å². The summed E-state index contributed by atoms with van der Waals surface area (Å²) in [5.74, 6) is 2.46. The Bertz CT molecular complexity index is 613. The highest BCUT2D eigenvalue weighted by atomic mass is 35.5. The molecule has 1 aliphatic heterocycles. The number of halogens is 1. The lowest BCUT2D eigenvalue weighted by Crippen LogP contribution is -2.49. The molecule has 0 spiro atoms. The zero-order valence-corrected chi connectivity index (χ0v) is 16.2. The number of nitrogens with one attached hydrogen (secondary N) is 2. The van der Waals surface area contributed by atoms with E-state index in [9.17, 15) is 9.90 Å². The fourth-order valence-electron chi connectivity index (χ4n) is 4.02. The Hall–Kier alpha value is -1.50. The monoisotopic (exact) mass is 384 g/mol. The summed E-state index contributed by atoms with van der Waals surface area (Å²) in [6, 6.07) is 5.57. The molecule has 2 fully saturated rings. The molecule has 0 aromatic heterocycles. The molecule has 3 rings (SSSR count). The van der Waals surface area contributed by atoms with Crippen molar-refractivity contribution in [2.75, 3.05) is 27.3 Å². The second-order valence-electron chi connectivity index (χ2n) is 7.08. The minimum absolute atomic E-state index is 0. The predicted octanol–water partition coefficient (Wildman–Crippen LogP) is 1.53. The third-order valence-corrected chi connectivity index (χ3v) is 5.48. The molecule has 0 radical (unpaired) electrons. The van der Waals surface area contributed by atoms with Crippen LogP contribution in [0.3, 0.4) is 0 Å². The van der Waals surface area contributed by atoms with Crippen LogP contribution in [0.1, 0.15) is 24.8 Å². The van der Waals surface area contributed by atoms with Crippen molar-refractivity contribution in [1.29, 1.82) is 0 Å². The first kappa shape index (κ1) is 20.8. The zero-order valence-electron chi connectivity index (χ0n) is 15.4. The van der Waals surface area contributed by atoms with E-state index < -0.39 is 6.10 Å². The summed E-state index contributed by atoms with van der Waals surface area (Å²) in [4.78, 5) is 12.3. The highest BCUT2D eigenvalue weighted by Crippen LogP contribution is 2.33. The summed E-state index contributed by atoms with van der Waals surface area (Å²) in [7, 11) is 3.20. The van der Waals surface area contributed by atoms with Gasteiger partial charge in [-0.25, -0.2) is 0 Å². The van der Waals surface area contributed by atoms with Gasteiger partial charge in [0, 0.05) is 6.42 Å². The number of amides is 1. The van der Waals surface area contributed by atoms with E-state index in [-0.39, 0.29) is 24.4 Å². The average molecular weight is 385 g/mol. The Morgan fingerprint density at radius 3 is 2.58 bits per heavy atom. The van der Waals surface area contributed by atoms with Gasteiger partial charge in [-0.05, 0) is 61.9 Å². The van der Waals surface area contributed by atoms with E-state index in [1.807, 2.05) is 18.2 Å². The van der Waals surface area contributed by atoms with Crippen LogP contribution in [0.25, 0.3) is 0 Å². The first-order chi connectivity index (χ1) is 12.1. The molecular weight excluding hydrogens is 356 g/mol. The molecule has 1 heterocycles. The lowest BCUT2D eigenvalue weighted by atomic mass is 9.77. The molecule has 1 amide bonds. The van der Waals surface area contributed by atoms with E-state index >= 15 is 0 Å². The summed E-state index contributed by atoms with van der Waals surface area (Å²) in [6.07, 6.45) is 2.22. The normalized spacial score (nSPS) is 27.2. The second kappa shape index (κ2) is 9.44. The molecule has 26 heavy (non-hydrogen) atoms. The molecule has 1 saturated heterocycles. The number of aryl methyl sites for hydroxylation is 1. The molecule has 7 heteroatoms. The predicted molar refractivity (Wildman–Crippen MR) is 102 cm³/mol. The van der Waals surface area contributed by atoms with Crippen molar-refractivity contribution >= 4 is 18.3 Å². The Balaban J connectivity index is 0.00000243. The first-order valence-corrected chi connectivity index (χ1v) is 8.99. The summed E-state index contributed by atoms with van der Waals surface area (Å²) >= 11 is 0. The minimum atomic E-state index is -0.439. The first-order valence-electron chi connectivity index (χ1n) is 8.99. The van der Waals surface area contributed by atoms with E-state index in [0.717, 1.165) is 31.5 Å². The third-order valence-electron chi connectivity index (χ3n) is 5.48. The highest BCUT2D eigenvalue weighted by Gasteiger charge is 2.39. The maximum Gasteiger partial charge on any atom is 0.220 e. The maximum atomic E-state index is 12.3. The van der Waals surface area contributed by atoms with Crippen molar-refractivity contribution in [3.63, 3.8) is 0 Å². The number of hydrogen-bond acceptors (Lipinski definition) is 5. The summed E-state index contributed by atoms with van der Waals surface area (Å²) in [6.45, 7) is 1.98. The van der Waals surface area contributed by atoms with Crippen molar-refractivity contribution in [2.45, 2.75) is 37.8 Å². The topological polar surface area (TPSA) is 79.8 Å². The molecule has 2 aliphatic rings. The average Bonchev–Trinajstić information content (AvgIpc) is 3.07. The minimum Gasteiger partial charge on any atom is -0.493 e. The number of carbonyl (C=O) groups excluding carboxylic acids is 1. The van der Waals surface area contributed by atoms with Crippen LogP contribution in [-0.4, -0.2) is 50.5 Å². The van der Waals surface area contributed by atoms with E-state index in [0.29, 0.717) is 36.2 Å². The van der Waals surface area contributed by atoms with E-state index in [4.69, 9.17) is 9.47 Å². The van der Waals surface area contributed by atoms with Crippen molar-refractivity contribution in [3.05, 3.63) is 23.8 Å². The van der Waals surface area contributed by atoms with Crippen LogP contribution in [0.2, 0.25) is 0 Å². The summed E-state index contributed by atoms with van der Waals surface area (Å²) < 4.78 is 10.5. The van der Waals surface area contributed by atoms with E-state index in [2.05, 4.69) is 10.6 Å². The molecule has 1 aromatic carbocycles. The fraction of sp³-hybridized carbons (Fsp3) is 0.632. The molecule has 3 N–H and O–H groups in total. The molecule has 6 nitrogen and oxygen atoms in total. The molecule has 0 bridgehead atoms. The molecule has 4 atom stereocenters. The van der Waals surface area contributed by atoms with Gasteiger partial charge in [-0.1, -0.05) is 6.07 Å². The maximum absolute atomic E-state index is 12.3. The number of rotatable bonds is 6. The molecular formula is C19H29ClN2O4. The number of benzene rings is 1. The Labute approximate surface area is 161 Å². The van der Waals surface area contributed by atoms with Crippen LogP contribution >= 0.6 is 12.4 Å². The van der Waals surface area contributed by atoms with Gasteiger partial charge in [0.25, 0.3) is 0 Å². The summed E-state index contributed by atoms with van der Waals surface area (Å²) in [5, 5.41) is 16.7. The van der Waals surface area contributed by atoms with Crippen molar-refractivity contribution in [2.24, 2.45) is 11.8 Å². The third kappa shape index (κ3) is 4.81. The van der Waals surface area contributed by atoms with Gasteiger partial charge in [0.05, 0.1) is 26.4 Å². The van der Waals surface area contributed by atoms with Gasteiger partial charge < -0.3 is 25.2 Å². The number of carbonyl (C=O) groups is 1. The Morgan fingerprint density at radius 1 is 1.19 bits per heavy atom. The van der Waals surface area contributed by atoms with Crippen molar-refractivity contribution < 1.29 is 19.4 Å². The van der Waals surface area contributed by atoms with Crippen molar-refractivity contribution in [1.82, 2.24) is 10.6 Å². The van der Waals surface area contributed by atoms with E-state index in [1.165, 1.54) is 0 Å². The van der Waals surface area contributed by atoms with Gasteiger partial charge in [0.1, 0.15) is 0 Å². The number of fused-ring (bicyclic) bond motifs is 1. The molecule has 1 aliphatic carbocycles. The van der Waals surface area contributed by atoms with Crippen molar-refractivity contribution in [3.8, 4) is 11.5 Å². The largest absolute Gasteiger partial charge is 0.493 e. The van der Waals surface area contributed by atoms with Gasteiger partial charge in [0.2, 0.25) is 5.91 Å². The zero-order chi connectivity index (χ0) is 17.8. The second-order valence-corrected chi connectivity index (χ2v) is 7.08. The number of ether oxygens (including phenoxy) is 2. The lowest BCUT2D eigenvalue weighted by Gasteiger charge is -2.35. The SMILES string of the molecule is COc1ccc(CCC(=O)N[C@H]2C[C@H]3CNC[C@H]3C[C@@H]2O)cc1OC.Cl. The number of methoxy groups -OCH3 is 2.